The number of primary amides is 1. The van der Waals surface area contributed by atoms with Crippen LogP contribution in [0.3, 0.4) is 0 Å². The molecule has 0 radical (unpaired) electrons. The molecule has 42 heavy (non-hydrogen) atoms. The van der Waals surface area contributed by atoms with Crippen molar-refractivity contribution in [2.75, 3.05) is 31.0 Å². The normalized spacial score (nSPS) is 18.5. The van der Waals surface area contributed by atoms with Crippen LogP contribution in [0.25, 0.3) is 5.65 Å². The number of hydrogen-bond acceptors (Lipinski definition) is 13. The predicted molar refractivity (Wildman–Crippen MR) is 151 cm³/mol. The first-order valence-corrected chi connectivity index (χ1v) is 15.2. The molecule has 0 aromatic carbocycles. The molecule has 15 nitrogen and oxygen atoms in total. The van der Waals surface area contributed by atoms with Crippen molar-refractivity contribution < 1.29 is 38.4 Å². The van der Waals surface area contributed by atoms with E-state index in [0.29, 0.717) is 11.3 Å². The van der Waals surface area contributed by atoms with Crippen LogP contribution in [0, 0.1) is 0 Å². The van der Waals surface area contributed by atoms with Crippen LogP contribution in [0.5, 0.6) is 0 Å². The van der Waals surface area contributed by atoms with Gasteiger partial charge in [-0.25, -0.2) is 14.3 Å². The number of hydrogen-bond donors (Lipinski definition) is 3. The number of carboxylic acid groups (broad SMARTS) is 1. The average Bonchev–Trinajstić information content (AvgIpc) is 3.58. The Hall–Kier alpha value is -4.29. The molecule has 0 spiro atoms. The highest BCUT2D eigenvalue weighted by atomic mass is 32.2. The van der Waals surface area contributed by atoms with Gasteiger partial charge in [0.2, 0.25) is 0 Å². The van der Waals surface area contributed by atoms with Crippen molar-refractivity contribution in [1.82, 2.24) is 19.6 Å². The summed E-state index contributed by atoms with van der Waals surface area (Å²) in [4.78, 5) is 59.2. The second-order valence-corrected chi connectivity index (χ2v) is 11.9. The number of aromatic nitrogens is 3. The van der Waals surface area contributed by atoms with Gasteiger partial charge in [0.1, 0.15) is 49.8 Å². The number of aliphatic carboxylic acids is 1. The minimum absolute atomic E-state index is 0.156. The van der Waals surface area contributed by atoms with E-state index in [1.165, 1.54) is 36.0 Å². The summed E-state index contributed by atoms with van der Waals surface area (Å²) in [5.74, 6) is -2.01. The number of thiazole rings is 1. The zero-order valence-corrected chi connectivity index (χ0v) is 24.4. The molecule has 1 fully saturated rings. The summed E-state index contributed by atoms with van der Waals surface area (Å²) >= 11 is 3.90. The largest absolute Gasteiger partial charge is 0.543 e. The Bertz CT molecular complexity index is 1630. The minimum atomic E-state index is -1.48. The summed E-state index contributed by atoms with van der Waals surface area (Å²) in [6.07, 6.45) is 2.80. The molecule has 3 aromatic heterocycles. The maximum absolute atomic E-state index is 13.2. The van der Waals surface area contributed by atoms with E-state index in [2.05, 4.69) is 15.5 Å². The van der Waals surface area contributed by atoms with Crippen molar-refractivity contribution in [2.24, 2.45) is 10.9 Å². The van der Waals surface area contributed by atoms with Gasteiger partial charge in [0.05, 0.1) is 11.7 Å². The number of fused-ring (bicyclic) bond motifs is 2. The summed E-state index contributed by atoms with van der Waals surface area (Å²) in [6, 6.07) is 4.64. The second-order valence-electron chi connectivity index (χ2n) is 8.83. The molecular weight excluding hydrogens is 609 g/mol. The SMILES string of the molecule is CO/N=C(\C(=O)N[C@@H]1C(=O)N2C(C(=O)[O-])=C(C[n+]3ccn4c(SCCOC(N)=O)cccc43)CS[C@H]12)c1csc(N)n1. The third-order valence-corrected chi connectivity index (χ3v) is 9.30. The van der Waals surface area contributed by atoms with Gasteiger partial charge in [0.25, 0.3) is 17.5 Å². The van der Waals surface area contributed by atoms with Gasteiger partial charge in [-0.1, -0.05) is 16.9 Å². The molecule has 0 unspecified atom stereocenters. The lowest BCUT2D eigenvalue weighted by Crippen LogP contribution is -2.71. The Morgan fingerprint density at radius 1 is 1.36 bits per heavy atom. The van der Waals surface area contributed by atoms with Crippen molar-refractivity contribution in [2.45, 2.75) is 23.0 Å². The Labute approximate surface area is 250 Å². The van der Waals surface area contributed by atoms with Gasteiger partial charge in [-0.2, -0.15) is 4.40 Å². The molecule has 3 aromatic rings. The smallest absolute Gasteiger partial charge is 0.404 e. The van der Waals surface area contributed by atoms with Crippen molar-refractivity contribution in [3.8, 4) is 0 Å². The molecule has 2 atom stereocenters. The number of imidazole rings is 1. The van der Waals surface area contributed by atoms with Gasteiger partial charge in [-0.3, -0.25) is 14.5 Å². The van der Waals surface area contributed by atoms with Crippen LogP contribution in [0.15, 0.2) is 57.4 Å². The average molecular weight is 633 g/mol. The molecular formula is C24H24N8O7S3. The van der Waals surface area contributed by atoms with Crippen LogP contribution >= 0.6 is 34.9 Å². The quantitative estimate of drug-likeness (QED) is 0.0577. The monoisotopic (exact) mass is 632 g/mol. The Morgan fingerprint density at radius 3 is 2.86 bits per heavy atom. The zero-order valence-electron chi connectivity index (χ0n) is 21.9. The lowest BCUT2D eigenvalue weighted by molar-refractivity contribution is -0.662. The van der Waals surface area contributed by atoms with Crippen LogP contribution < -0.4 is 26.5 Å². The number of nitrogen functional groups attached to an aromatic ring is 1. The fraction of sp³-hybridized carbons (Fsp3) is 0.292. The number of anilines is 1. The highest BCUT2D eigenvalue weighted by Crippen LogP contribution is 2.40. The number of nitrogens with one attached hydrogen (secondary N) is 1. The lowest BCUT2D eigenvalue weighted by atomic mass is 10.0. The van der Waals surface area contributed by atoms with Gasteiger partial charge >= 0.3 is 6.09 Å². The lowest BCUT2D eigenvalue weighted by Gasteiger charge is -2.50. The number of thioether (sulfide) groups is 2. The summed E-state index contributed by atoms with van der Waals surface area (Å²) in [7, 11) is 1.27. The third-order valence-electron chi connectivity index (χ3n) is 6.29. The van der Waals surface area contributed by atoms with Crippen LogP contribution in [0.2, 0.25) is 0 Å². The highest BCUT2D eigenvalue weighted by Gasteiger charge is 2.53. The Kier molecular flexibility index (Phi) is 8.55. The molecule has 1 saturated heterocycles. The molecule has 0 aliphatic carbocycles. The number of amides is 3. The summed E-state index contributed by atoms with van der Waals surface area (Å²) in [6.45, 7) is 0.346. The van der Waals surface area contributed by atoms with Crippen molar-refractivity contribution >= 4 is 75.2 Å². The van der Waals surface area contributed by atoms with Gasteiger partial charge < -0.3 is 36.3 Å². The van der Waals surface area contributed by atoms with Gasteiger partial charge in [0.15, 0.2) is 15.9 Å². The maximum atomic E-state index is 13.2. The molecule has 220 valence electrons. The van der Waals surface area contributed by atoms with E-state index in [0.717, 1.165) is 26.9 Å². The summed E-state index contributed by atoms with van der Waals surface area (Å²) in [5.41, 5.74) is 11.7. The van der Waals surface area contributed by atoms with E-state index in [-0.39, 0.29) is 41.1 Å². The number of carbonyl (C=O) groups excluding carboxylic acids is 4. The van der Waals surface area contributed by atoms with E-state index < -0.39 is 35.3 Å². The number of ether oxygens (including phenoxy) is 1. The zero-order chi connectivity index (χ0) is 30.0. The standard InChI is InChI=1S/C24H24N8O7S3/c1-38-29-16(13-11-42-23(25)27-13)19(33)28-17-20(34)32-18(22(35)36)12(10-41-21(17)32)9-30-5-6-31-14(30)3-2-4-15(31)40-8-7-39-24(26)37/h2-6,11,17,21H,7-10H2,1H3,(H5-,25,26,27,28,33,35,36,37)/b29-16-/t17-,21-/m1/s1. The molecule has 0 saturated carbocycles. The first kappa shape index (κ1) is 29.2. The molecule has 5 heterocycles. The summed E-state index contributed by atoms with van der Waals surface area (Å²) in [5, 5.41) is 20.6. The molecule has 2 aliphatic rings. The molecule has 2 aliphatic heterocycles. The molecule has 3 amide bonds. The number of carbonyl (C=O) groups is 4. The molecule has 5 N–H and O–H groups in total. The number of nitrogens with two attached hydrogens (primary N) is 2. The number of rotatable bonds is 11. The second kappa shape index (κ2) is 12.3. The van der Waals surface area contributed by atoms with E-state index >= 15 is 0 Å². The first-order valence-electron chi connectivity index (χ1n) is 12.3. The van der Waals surface area contributed by atoms with E-state index in [4.69, 9.17) is 21.0 Å². The van der Waals surface area contributed by atoms with E-state index in [9.17, 15) is 24.3 Å². The van der Waals surface area contributed by atoms with Crippen molar-refractivity contribution in [3.63, 3.8) is 0 Å². The number of carboxylic acids is 1. The number of nitrogens with zero attached hydrogens (tertiary/aromatic N) is 5. The van der Waals surface area contributed by atoms with Gasteiger partial charge in [-0.15, -0.1) is 23.1 Å². The van der Waals surface area contributed by atoms with Crippen LogP contribution in [0.1, 0.15) is 5.69 Å². The third kappa shape index (κ3) is 5.72. The number of pyridine rings is 1. The predicted octanol–water partition coefficient (Wildman–Crippen LogP) is -1.09. The molecule has 18 heteroatoms. The maximum Gasteiger partial charge on any atom is 0.404 e. The van der Waals surface area contributed by atoms with Crippen LogP contribution in [0.4, 0.5) is 9.93 Å². The highest BCUT2D eigenvalue weighted by molar-refractivity contribution is 8.00. The van der Waals surface area contributed by atoms with Crippen LogP contribution in [-0.2, 0) is 30.5 Å². The summed E-state index contributed by atoms with van der Waals surface area (Å²) < 4.78 is 8.56. The van der Waals surface area contributed by atoms with E-state index in [1.54, 1.807) is 6.20 Å². The number of β-lactam (4-membered cyclic amide) rings is 1. The number of oxime groups is 1. The van der Waals surface area contributed by atoms with E-state index in [1.807, 2.05) is 33.4 Å². The Morgan fingerprint density at radius 2 is 2.17 bits per heavy atom. The molecule has 0 bridgehead atoms. The Balaban J connectivity index is 1.32. The minimum Gasteiger partial charge on any atom is -0.543 e. The topological polar surface area (TPSA) is 211 Å². The van der Waals surface area contributed by atoms with Gasteiger partial charge in [-0.05, 0) is 12.1 Å². The fourth-order valence-electron chi connectivity index (χ4n) is 4.54. The first-order chi connectivity index (χ1) is 20.2. The molecule has 5 rings (SSSR count). The van der Waals surface area contributed by atoms with Crippen molar-refractivity contribution in [1.29, 1.82) is 0 Å². The van der Waals surface area contributed by atoms with Crippen molar-refractivity contribution in [3.05, 3.63) is 52.9 Å². The van der Waals surface area contributed by atoms with Crippen LogP contribution in [-0.4, -0.2) is 80.5 Å². The fourth-order valence-corrected chi connectivity index (χ4v) is 7.27. The van der Waals surface area contributed by atoms with Gasteiger partial charge in [0, 0.05) is 28.5 Å².